The van der Waals surface area contributed by atoms with Crippen molar-refractivity contribution in [2.45, 2.75) is 21.4 Å². The number of hydrogen-bond donors (Lipinski definition) is 0. The van der Waals surface area contributed by atoms with Gasteiger partial charge in [-0.1, -0.05) is 53.4 Å². The van der Waals surface area contributed by atoms with Gasteiger partial charge < -0.3 is 4.57 Å². The number of nitrogens with zero attached hydrogens (tertiary/aromatic N) is 4. The second-order valence-electron chi connectivity index (χ2n) is 4.28. The first-order valence-electron chi connectivity index (χ1n) is 6.37. The second kappa shape index (κ2) is 6.56. The lowest BCUT2D eigenvalue weighted by atomic mass is 10.3. The van der Waals surface area contributed by atoms with Crippen molar-refractivity contribution in [1.82, 2.24) is 19.7 Å². The van der Waals surface area contributed by atoms with Crippen LogP contribution in [-0.4, -0.2) is 25.5 Å². The lowest BCUT2D eigenvalue weighted by molar-refractivity contribution is 0.874. The fourth-order valence-corrected chi connectivity index (χ4v) is 4.98. The Balaban J connectivity index is 1.76. The minimum Gasteiger partial charge on any atom is -0.330 e. The third kappa shape index (κ3) is 3.36. The van der Waals surface area contributed by atoms with Gasteiger partial charge in [0.1, 0.15) is 5.82 Å². The molecular weight excluding hydrogens is 344 g/mol. The molecule has 0 unspecified atom stereocenters. The van der Waals surface area contributed by atoms with Gasteiger partial charge in [0.05, 0.1) is 16.8 Å². The van der Waals surface area contributed by atoms with Gasteiger partial charge in [-0.2, -0.15) is 0 Å². The van der Waals surface area contributed by atoms with E-state index in [0.717, 1.165) is 37.0 Å². The van der Waals surface area contributed by atoms with Crippen molar-refractivity contribution in [2.24, 2.45) is 7.05 Å². The molecule has 0 bridgehead atoms. The summed E-state index contributed by atoms with van der Waals surface area (Å²) in [6, 6.07) is 5.78. The Hall–Kier alpha value is -0.760. The van der Waals surface area contributed by atoms with Crippen LogP contribution < -0.4 is 0 Å². The minimum absolute atomic E-state index is 0.713. The minimum atomic E-state index is 0.713. The molecule has 0 saturated carbocycles. The molecule has 0 aliphatic rings. The van der Waals surface area contributed by atoms with Crippen LogP contribution in [0.2, 0.25) is 5.02 Å². The zero-order chi connectivity index (χ0) is 14.8. The van der Waals surface area contributed by atoms with Gasteiger partial charge in [0.25, 0.3) is 0 Å². The Morgan fingerprint density at radius 1 is 1.24 bits per heavy atom. The Morgan fingerprint density at radius 3 is 2.76 bits per heavy atom. The molecule has 21 heavy (non-hydrogen) atoms. The van der Waals surface area contributed by atoms with E-state index >= 15 is 0 Å². The van der Waals surface area contributed by atoms with E-state index in [1.165, 1.54) is 0 Å². The van der Waals surface area contributed by atoms with E-state index in [-0.39, 0.29) is 0 Å². The van der Waals surface area contributed by atoms with E-state index in [1.54, 1.807) is 34.9 Å². The lowest BCUT2D eigenvalue weighted by Crippen LogP contribution is -1.95. The Labute approximate surface area is 140 Å². The molecule has 2 heterocycles. The fraction of sp³-hybridized carbons (Fsp3) is 0.308. The molecule has 0 aliphatic carbocycles. The summed E-state index contributed by atoms with van der Waals surface area (Å²) in [5.41, 5.74) is 2.02. The highest BCUT2D eigenvalue weighted by atomic mass is 35.5. The van der Waals surface area contributed by atoms with E-state index in [9.17, 15) is 0 Å². The zero-order valence-electron chi connectivity index (χ0n) is 11.5. The Morgan fingerprint density at radius 2 is 2.00 bits per heavy atom. The smallest absolute Gasteiger partial charge is 0.175 e. The molecule has 3 rings (SSSR count). The number of benzene rings is 1. The van der Waals surface area contributed by atoms with Crippen LogP contribution in [0, 0.1) is 0 Å². The quantitative estimate of drug-likeness (QED) is 0.630. The first-order valence-corrected chi connectivity index (χ1v) is 9.54. The summed E-state index contributed by atoms with van der Waals surface area (Å²) in [4.78, 5) is 4.64. The normalized spacial score (nSPS) is 11.4. The fourth-order valence-electron chi connectivity index (χ4n) is 1.92. The van der Waals surface area contributed by atoms with E-state index in [1.807, 2.05) is 25.2 Å². The van der Waals surface area contributed by atoms with Crippen LogP contribution in [-0.2, 0) is 12.8 Å². The van der Waals surface area contributed by atoms with Crippen molar-refractivity contribution in [2.75, 3.05) is 5.75 Å². The summed E-state index contributed by atoms with van der Waals surface area (Å²) >= 11 is 11.0. The van der Waals surface area contributed by atoms with Crippen molar-refractivity contribution < 1.29 is 0 Å². The summed E-state index contributed by atoms with van der Waals surface area (Å²) in [6.45, 7) is 2.11. The standard InChI is InChI=1S/C13H13ClN4S3/c1-3-19-12-16-17-13(21-12)20-7-11-15-9-6-8(14)4-5-10(9)18(11)2/h4-6H,3,7H2,1-2H3. The van der Waals surface area contributed by atoms with Crippen molar-refractivity contribution in [1.29, 1.82) is 0 Å². The van der Waals surface area contributed by atoms with Crippen LogP contribution in [0.1, 0.15) is 12.7 Å². The number of halogens is 1. The topological polar surface area (TPSA) is 43.6 Å². The monoisotopic (exact) mass is 356 g/mol. The van der Waals surface area contributed by atoms with Gasteiger partial charge in [-0.15, -0.1) is 10.2 Å². The first kappa shape index (κ1) is 15.1. The van der Waals surface area contributed by atoms with Crippen molar-refractivity contribution in [3.63, 3.8) is 0 Å². The van der Waals surface area contributed by atoms with Gasteiger partial charge in [0.15, 0.2) is 8.68 Å². The average molecular weight is 357 g/mol. The van der Waals surface area contributed by atoms with E-state index < -0.39 is 0 Å². The first-order chi connectivity index (χ1) is 10.2. The number of thioether (sulfide) groups is 2. The SMILES string of the molecule is CCSc1nnc(SCc2nc3cc(Cl)ccc3n2C)s1. The van der Waals surface area contributed by atoms with Crippen molar-refractivity contribution in [3.8, 4) is 0 Å². The summed E-state index contributed by atoms with van der Waals surface area (Å²) in [6.07, 6.45) is 0. The van der Waals surface area contributed by atoms with Gasteiger partial charge >= 0.3 is 0 Å². The Bertz CT molecular complexity index is 768. The van der Waals surface area contributed by atoms with Crippen LogP contribution >= 0.6 is 46.5 Å². The van der Waals surface area contributed by atoms with Crippen LogP contribution in [0.25, 0.3) is 11.0 Å². The number of imidazole rings is 1. The molecule has 0 saturated heterocycles. The molecule has 0 atom stereocenters. The molecule has 8 heteroatoms. The largest absolute Gasteiger partial charge is 0.330 e. The molecular formula is C13H13ClN4S3. The second-order valence-corrected chi connectivity index (χ2v) is 8.42. The molecule has 0 radical (unpaired) electrons. The van der Waals surface area contributed by atoms with Crippen molar-refractivity contribution >= 4 is 57.5 Å². The van der Waals surface area contributed by atoms with E-state index in [2.05, 4.69) is 26.7 Å². The Kier molecular flexibility index (Phi) is 4.73. The molecule has 0 spiro atoms. The maximum Gasteiger partial charge on any atom is 0.175 e. The lowest BCUT2D eigenvalue weighted by Gasteiger charge is -2.00. The van der Waals surface area contributed by atoms with Crippen LogP contribution in [0.5, 0.6) is 0 Å². The molecule has 4 nitrogen and oxygen atoms in total. The number of aromatic nitrogens is 4. The number of aryl methyl sites for hydroxylation is 1. The number of fused-ring (bicyclic) bond motifs is 1. The number of rotatable bonds is 5. The maximum absolute atomic E-state index is 6.01. The highest BCUT2D eigenvalue weighted by Gasteiger charge is 2.10. The number of hydrogen-bond acceptors (Lipinski definition) is 6. The van der Waals surface area contributed by atoms with E-state index in [0.29, 0.717) is 5.02 Å². The van der Waals surface area contributed by atoms with Crippen LogP contribution in [0.15, 0.2) is 26.9 Å². The van der Waals surface area contributed by atoms with Crippen LogP contribution in [0.3, 0.4) is 0 Å². The summed E-state index contributed by atoms with van der Waals surface area (Å²) in [7, 11) is 2.03. The summed E-state index contributed by atoms with van der Waals surface area (Å²) < 4.78 is 4.11. The maximum atomic E-state index is 6.01. The van der Waals surface area contributed by atoms with Gasteiger partial charge in [0, 0.05) is 12.1 Å². The third-order valence-corrected chi connectivity index (χ3v) is 6.22. The predicted molar refractivity (Wildman–Crippen MR) is 91.6 cm³/mol. The van der Waals surface area contributed by atoms with Gasteiger partial charge in [0.2, 0.25) is 0 Å². The third-order valence-electron chi connectivity index (χ3n) is 2.92. The molecule has 0 fully saturated rings. The van der Waals surface area contributed by atoms with E-state index in [4.69, 9.17) is 11.6 Å². The summed E-state index contributed by atoms with van der Waals surface area (Å²) in [5, 5.41) is 9.07. The molecule has 110 valence electrons. The highest BCUT2D eigenvalue weighted by Crippen LogP contribution is 2.31. The molecule has 1 aromatic carbocycles. The molecule has 0 aliphatic heterocycles. The molecule has 3 aromatic rings. The van der Waals surface area contributed by atoms with Crippen molar-refractivity contribution in [3.05, 3.63) is 29.0 Å². The van der Waals surface area contributed by atoms with Gasteiger partial charge in [-0.3, -0.25) is 0 Å². The summed E-state index contributed by atoms with van der Waals surface area (Å²) in [5.74, 6) is 2.80. The molecule has 0 amide bonds. The van der Waals surface area contributed by atoms with Gasteiger partial charge in [-0.25, -0.2) is 4.98 Å². The van der Waals surface area contributed by atoms with Crippen LogP contribution in [0.4, 0.5) is 0 Å². The molecule has 2 aromatic heterocycles. The average Bonchev–Trinajstić information content (AvgIpc) is 3.02. The highest BCUT2D eigenvalue weighted by molar-refractivity contribution is 8.02. The molecule has 0 N–H and O–H groups in total. The van der Waals surface area contributed by atoms with Gasteiger partial charge in [-0.05, 0) is 24.0 Å². The predicted octanol–water partition coefficient (Wildman–Crippen LogP) is 4.48. The zero-order valence-corrected chi connectivity index (χ0v) is 14.7.